The van der Waals surface area contributed by atoms with Crippen LogP contribution in [0.4, 0.5) is 4.79 Å². The lowest BCUT2D eigenvalue weighted by molar-refractivity contribution is -0.147. The van der Waals surface area contributed by atoms with Gasteiger partial charge in [0.2, 0.25) is 0 Å². The molecule has 1 unspecified atom stereocenters. The molecule has 4 fully saturated rings. The number of hydrogen-bond acceptors (Lipinski definition) is 6. The number of aryl methyl sites for hydroxylation is 1. The second-order valence-electron chi connectivity index (χ2n) is 14.9. The number of ether oxygens (including phenoxy) is 2. The Balaban J connectivity index is 1.12. The quantitative estimate of drug-likeness (QED) is 0.237. The lowest BCUT2D eigenvalue weighted by Crippen LogP contribution is -2.49. The Labute approximate surface area is 297 Å². The average Bonchev–Trinajstić information content (AvgIpc) is 3.82. The molecule has 0 bridgehead atoms. The largest absolute Gasteiger partial charge is 0.494 e. The van der Waals surface area contributed by atoms with Crippen molar-refractivity contribution >= 4 is 34.3 Å². The van der Waals surface area contributed by atoms with Crippen molar-refractivity contribution in [1.82, 2.24) is 29.3 Å². The van der Waals surface area contributed by atoms with Crippen molar-refractivity contribution in [3.8, 4) is 17.1 Å². The molecular weight excluding hydrogens is 648 g/mol. The van der Waals surface area contributed by atoms with Crippen molar-refractivity contribution in [1.29, 1.82) is 0 Å². The van der Waals surface area contributed by atoms with Gasteiger partial charge in [-0.15, -0.1) is 0 Å². The van der Waals surface area contributed by atoms with Gasteiger partial charge in [-0.2, -0.15) is 5.10 Å². The summed E-state index contributed by atoms with van der Waals surface area (Å²) in [6.07, 6.45) is 9.04. The van der Waals surface area contributed by atoms with Gasteiger partial charge in [0.25, 0.3) is 11.8 Å². The van der Waals surface area contributed by atoms with Gasteiger partial charge in [0, 0.05) is 62.5 Å². The number of likely N-dealkylation sites (tertiary alicyclic amines) is 2. The van der Waals surface area contributed by atoms with Crippen molar-refractivity contribution < 1.29 is 29.0 Å². The number of rotatable bonds is 8. The fraction of sp³-hybridized carbons (Fsp3) is 0.538. The molecule has 3 amide bonds. The van der Waals surface area contributed by atoms with E-state index in [-0.39, 0.29) is 24.0 Å². The summed E-state index contributed by atoms with van der Waals surface area (Å²) >= 11 is 0. The van der Waals surface area contributed by atoms with Crippen molar-refractivity contribution in [3.63, 3.8) is 0 Å². The van der Waals surface area contributed by atoms with E-state index in [1.807, 2.05) is 4.90 Å². The number of amides is 3. The predicted octanol–water partition coefficient (Wildman–Crippen LogP) is 5.83. The van der Waals surface area contributed by atoms with Crippen LogP contribution in [-0.4, -0.2) is 99.0 Å². The molecule has 8 rings (SSSR count). The highest BCUT2D eigenvalue weighted by atomic mass is 16.5. The molecule has 3 saturated heterocycles. The number of fused-ring (bicyclic) bond motifs is 2. The van der Waals surface area contributed by atoms with E-state index >= 15 is 0 Å². The number of hydrogen-bond donors (Lipinski definition) is 2. The van der Waals surface area contributed by atoms with Crippen LogP contribution < -0.4 is 10.1 Å². The number of carbonyl (C=O) groups excluding carboxylic acids is 2. The Morgan fingerprint density at radius 3 is 2.53 bits per heavy atom. The molecule has 51 heavy (non-hydrogen) atoms. The van der Waals surface area contributed by atoms with Crippen LogP contribution in [0.3, 0.4) is 0 Å². The van der Waals surface area contributed by atoms with Crippen LogP contribution in [0.25, 0.3) is 27.8 Å². The van der Waals surface area contributed by atoms with Gasteiger partial charge in [0.1, 0.15) is 23.1 Å². The number of benzene rings is 1. The van der Waals surface area contributed by atoms with Gasteiger partial charge >= 0.3 is 6.09 Å². The maximum atomic E-state index is 13.8. The molecule has 6 heterocycles. The fourth-order valence-electron chi connectivity index (χ4n) is 8.62. The maximum Gasteiger partial charge on any atom is 0.404 e. The number of carbonyl (C=O) groups is 3. The summed E-state index contributed by atoms with van der Waals surface area (Å²) in [5, 5.41) is 18.1. The second-order valence-corrected chi connectivity index (χ2v) is 14.9. The van der Waals surface area contributed by atoms with Gasteiger partial charge in [-0.3, -0.25) is 9.59 Å². The number of methoxy groups -OCH3 is 1. The molecule has 0 spiro atoms. The summed E-state index contributed by atoms with van der Waals surface area (Å²) in [5.41, 5.74) is 6.75. The van der Waals surface area contributed by atoms with Crippen LogP contribution in [0, 0.1) is 12.8 Å². The highest BCUT2D eigenvalue weighted by molar-refractivity contribution is 5.96. The van der Waals surface area contributed by atoms with Crippen LogP contribution in [0.5, 0.6) is 5.75 Å². The molecule has 4 aliphatic rings. The Hall–Kier alpha value is -4.58. The standard InChI is InChI=1S/C39H48N6O6/c1-24-34(41-45-22-28(20-33(50-2)35(24)45)37(46)43-15-6-8-29(23-43)40-39(48)49)31-19-27-7-5-9-30(36(27)44(31)21-25-11-12-25)26-13-16-42(17-14-26)38(47)32-10-3-4-18-51-32/h5,7,9,19-20,22,25-26,29,32,40H,3-4,6,8,10-18,21,23H2,1-2H3,(H,48,49)/t29-,32?/m1/s1. The molecule has 0 radical (unpaired) electrons. The minimum absolute atomic E-state index is 0.156. The van der Waals surface area contributed by atoms with Gasteiger partial charge in [0.05, 0.1) is 23.9 Å². The van der Waals surface area contributed by atoms with Gasteiger partial charge in [-0.05, 0) is 94.2 Å². The van der Waals surface area contributed by atoms with E-state index in [1.165, 1.54) is 29.3 Å². The molecule has 3 aromatic heterocycles. The van der Waals surface area contributed by atoms with E-state index in [4.69, 9.17) is 14.6 Å². The normalized spacial score (nSPS) is 21.7. The third-order valence-electron chi connectivity index (χ3n) is 11.5. The van der Waals surface area contributed by atoms with Crippen LogP contribution in [0.1, 0.15) is 85.2 Å². The zero-order valence-corrected chi connectivity index (χ0v) is 29.6. The zero-order valence-electron chi connectivity index (χ0n) is 29.6. The SMILES string of the molecule is COc1cc(C(=O)N2CCC[C@@H](NC(=O)O)C2)cn2nc(-c3cc4cccc(C5CCN(C(=O)C6CCCCO6)CC5)c4n3CC3CC3)c(C)c12. The molecule has 3 aliphatic heterocycles. The molecular formula is C39H48N6O6. The lowest BCUT2D eigenvalue weighted by atomic mass is 9.88. The van der Waals surface area contributed by atoms with Gasteiger partial charge in [0.15, 0.2) is 0 Å². The summed E-state index contributed by atoms with van der Waals surface area (Å²) in [4.78, 5) is 42.0. The Morgan fingerprint density at radius 1 is 0.980 bits per heavy atom. The van der Waals surface area contributed by atoms with E-state index < -0.39 is 6.09 Å². The zero-order chi connectivity index (χ0) is 35.2. The van der Waals surface area contributed by atoms with E-state index in [2.05, 4.69) is 41.1 Å². The number of pyridine rings is 1. The first kappa shape index (κ1) is 33.6. The summed E-state index contributed by atoms with van der Waals surface area (Å²) < 4.78 is 15.9. The van der Waals surface area contributed by atoms with E-state index in [0.717, 1.165) is 80.6 Å². The predicted molar refractivity (Wildman–Crippen MR) is 192 cm³/mol. The van der Waals surface area contributed by atoms with Gasteiger partial charge < -0.3 is 34.3 Å². The third-order valence-corrected chi connectivity index (χ3v) is 11.5. The first-order valence-corrected chi connectivity index (χ1v) is 18.7. The minimum Gasteiger partial charge on any atom is -0.494 e. The lowest BCUT2D eigenvalue weighted by Gasteiger charge is -2.35. The first-order valence-electron chi connectivity index (χ1n) is 18.7. The van der Waals surface area contributed by atoms with E-state index in [9.17, 15) is 19.5 Å². The molecule has 2 N–H and O–H groups in total. The molecule has 1 aromatic carbocycles. The van der Waals surface area contributed by atoms with Crippen molar-refractivity contribution in [2.45, 2.75) is 89.3 Å². The Bertz CT molecular complexity index is 1970. The second kappa shape index (κ2) is 13.9. The smallest absolute Gasteiger partial charge is 0.404 e. The number of aromatic nitrogens is 3. The Morgan fingerprint density at radius 2 is 1.80 bits per heavy atom. The first-order chi connectivity index (χ1) is 24.8. The number of para-hydroxylation sites is 1. The summed E-state index contributed by atoms with van der Waals surface area (Å²) in [5.74, 6) is 1.53. The maximum absolute atomic E-state index is 13.8. The van der Waals surface area contributed by atoms with Crippen LogP contribution in [-0.2, 0) is 16.1 Å². The van der Waals surface area contributed by atoms with Crippen LogP contribution >= 0.6 is 0 Å². The fourth-order valence-corrected chi connectivity index (χ4v) is 8.62. The monoisotopic (exact) mass is 696 g/mol. The van der Waals surface area contributed by atoms with E-state index in [0.29, 0.717) is 49.3 Å². The highest BCUT2D eigenvalue weighted by Gasteiger charge is 2.33. The molecule has 2 atom stereocenters. The topological polar surface area (TPSA) is 131 Å². The van der Waals surface area contributed by atoms with E-state index in [1.54, 1.807) is 28.8 Å². The minimum atomic E-state index is -1.08. The van der Waals surface area contributed by atoms with Crippen molar-refractivity contribution in [2.24, 2.45) is 5.92 Å². The highest BCUT2D eigenvalue weighted by Crippen LogP contribution is 2.42. The van der Waals surface area contributed by atoms with Crippen LogP contribution in [0.2, 0.25) is 0 Å². The van der Waals surface area contributed by atoms with Crippen molar-refractivity contribution in [3.05, 3.63) is 53.2 Å². The molecule has 1 aliphatic carbocycles. The van der Waals surface area contributed by atoms with Crippen molar-refractivity contribution in [2.75, 3.05) is 39.9 Å². The number of nitrogens with one attached hydrogen (secondary N) is 1. The van der Waals surface area contributed by atoms with Gasteiger partial charge in [-0.25, -0.2) is 9.31 Å². The molecule has 270 valence electrons. The van der Waals surface area contributed by atoms with Crippen LogP contribution in [0.15, 0.2) is 36.5 Å². The summed E-state index contributed by atoms with van der Waals surface area (Å²) in [7, 11) is 1.61. The molecule has 4 aromatic rings. The average molecular weight is 697 g/mol. The summed E-state index contributed by atoms with van der Waals surface area (Å²) in [6.45, 7) is 6.04. The number of nitrogens with zero attached hydrogens (tertiary/aromatic N) is 5. The summed E-state index contributed by atoms with van der Waals surface area (Å²) in [6, 6.07) is 10.4. The molecule has 12 nitrogen and oxygen atoms in total. The van der Waals surface area contributed by atoms with Gasteiger partial charge in [-0.1, -0.05) is 18.2 Å². The third kappa shape index (κ3) is 6.54. The molecule has 1 saturated carbocycles. The molecule has 12 heteroatoms. The number of carboxylic acid groups (broad SMARTS) is 1. The Kier molecular flexibility index (Phi) is 9.12. The number of piperidine rings is 2.